The molecule has 8 aromatic rings. The highest BCUT2D eigenvalue weighted by Crippen LogP contribution is 2.33. The average Bonchev–Trinajstić information content (AvgIpc) is 3.51. The SMILES string of the molecule is c1ccc2c(c1)c1cccnc1n2-c1ccc(-c2ccc(-n3c4ccccc4c4cccnc43)cc2)cc1. The summed E-state index contributed by atoms with van der Waals surface area (Å²) in [5, 5.41) is 4.77. The van der Waals surface area contributed by atoms with Gasteiger partial charge in [-0.15, -0.1) is 0 Å². The fourth-order valence-corrected chi connectivity index (χ4v) is 5.72. The zero-order valence-electron chi connectivity index (χ0n) is 20.5. The molecule has 0 saturated heterocycles. The second-order valence-corrected chi connectivity index (χ2v) is 9.55. The van der Waals surface area contributed by atoms with E-state index < -0.39 is 0 Å². The number of nitrogens with zero attached hydrogens (tertiary/aromatic N) is 4. The molecular weight excluding hydrogens is 464 g/mol. The Labute approximate surface area is 219 Å². The molecular formula is C34H22N4. The first kappa shape index (κ1) is 20.9. The number of hydrogen-bond acceptors (Lipinski definition) is 2. The molecule has 0 aliphatic heterocycles. The van der Waals surface area contributed by atoms with Gasteiger partial charge in [-0.25, -0.2) is 9.97 Å². The van der Waals surface area contributed by atoms with Gasteiger partial charge in [-0.05, 0) is 71.8 Å². The minimum absolute atomic E-state index is 0.977. The van der Waals surface area contributed by atoms with Crippen LogP contribution in [0.5, 0.6) is 0 Å². The Bertz CT molecular complexity index is 1850. The second kappa shape index (κ2) is 8.15. The fourth-order valence-electron chi connectivity index (χ4n) is 5.72. The fraction of sp³-hybridized carbons (Fsp3) is 0. The second-order valence-electron chi connectivity index (χ2n) is 9.55. The van der Waals surface area contributed by atoms with Crippen molar-refractivity contribution in [2.75, 3.05) is 0 Å². The van der Waals surface area contributed by atoms with Gasteiger partial charge in [0, 0.05) is 45.3 Å². The van der Waals surface area contributed by atoms with Crippen LogP contribution >= 0.6 is 0 Å². The highest BCUT2D eigenvalue weighted by molar-refractivity contribution is 6.08. The Morgan fingerprint density at radius 1 is 0.368 bits per heavy atom. The van der Waals surface area contributed by atoms with Gasteiger partial charge in [-0.1, -0.05) is 60.7 Å². The summed E-state index contributed by atoms with van der Waals surface area (Å²) in [6, 6.07) is 42.8. The van der Waals surface area contributed by atoms with Gasteiger partial charge in [0.15, 0.2) is 0 Å². The van der Waals surface area contributed by atoms with Crippen LogP contribution in [0.3, 0.4) is 0 Å². The number of para-hydroxylation sites is 2. The predicted molar refractivity (Wildman–Crippen MR) is 156 cm³/mol. The summed E-state index contributed by atoms with van der Waals surface area (Å²) >= 11 is 0. The maximum absolute atomic E-state index is 4.71. The van der Waals surface area contributed by atoms with Crippen molar-refractivity contribution in [3.63, 3.8) is 0 Å². The summed E-state index contributed by atoms with van der Waals surface area (Å²) in [5.41, 5.74) is 8.84. The quantitative estimate of drug-likeness (QED) is 0.252. The van der Waals surface area contributed by atoms with Gasteiger partial charge in [0.25, 0.3) is 0 Å². The largest absolute Gasteiger partial charge is 0.294 e. The molecule has 0 fully saturated rings. The van der Waals surface area contributed by atoms with Crippen LogP contribution in [-0.4, -0.2) is 19.1 Å². The summed E-state index contributed by atoms with van der Waals surface area (Å²) in [7, 11) is 0. The van der Waals surface area contributed by atoms with Crippen molar-refractivity contribution in [1.82, 2.24) is 19.1 Å². The van der Waals surface area contributed by atoms with Crippen molar-refractivity contribution in [3.05, 3.63) is 134 Å². The van der Waals surface area contributed by atoms with Crippen molar-refractivity contribution in [2.45, 2.75) is 0 Å². The van der Waals surface area contributed by atoms with Gasteiger partial charge < -0.3 is 0 Å². The molecule has 38 heavy (non-hydrogen) atoms. The molecule has 0 N–H and O–H groups in total. The van der Waals surface area contributed by atoms with Gasteiger partial charge in [0.1, 0.15) is 11.3 Å². The van der Waals surface area contributed by atoms with Gasteiger partial charge in [-0.2, -0.15) is 0 Å². The Morgan fingerprint density at radius 2 is 0.763 bits per heavy atom. The molecule has 8 rings (SSSR count). The molecule has 4 heterocycles. The lowest BCUT2D eigenvalue weighted by Crippen LogP contribution is -1.96. The van der Waals surface area contributed by atoms with E-state index in [1.54, 1.807) is 0 Å². The van der Waals surface area contributed by atoms with Crippen LogP contribution < -0.4 is 0 Å². The standard InChI is InChI=1S/C34H22N4/c1-3-11-31-27(7-1)29-9-5-21-35-33(29)37(31)25-17-13-23(14-18-25)24-15-19-26(20-16-24)38-32-12-4-2-8-28(32)30-10-6-22-36-34(30)38/h1-22H. The number of rotatable bonds is 3. The molecule has 4 aromatic carbocycles. The van der Waals surface area contributed by atoms with Crippen molar-refractivity contribution >= 4 is 43.9 Å². The number of pyridine rings is 2. The summed E-state index contributed by atoms with van der Waals surface area (Å²) in [6.07, 6.45) is 3.72. The Morgan fingerprint density at radius 3 is 1.21 bits per heavy atom. The first-order chi connectivity index (χ1) is 18.9. The van der Waals surface area contributed by atoms with Crippen molar-refractivity contribution in [3.8, 4) is 22.5 Å². The smallest absolute Gasteiger partial charge is 0.145 e. The minimum Gasteiger partial charge on any atom is -0.294 e. The van der Waals surface area contributed by atoms with Crippen molar-refractivity contribution in [2.24, 2.45) is 0 Å². The molecule has 0 spiro atoms. The molecule has 4 heteroatoms. The maximum atomic E-state index is 4.71. The monoisotopic (exact) mass is 486 g/mol. The first-order valence-electron chi connectivity index (χ1n) is 12.8. The van der Waals surface area contributed by atoms with E-state index >= 15 is 0 Å². The number of benzene rings is 4. The van der Waals surface area contributed by atoms with E-state index in [0.29, 0.717) is 0 Å². The molecule has 4 nitrogen and oxygen atoms in total. The summed E-state index contributed by atoms with van der Waals surface area (Å²) in [4.78, 5) is 9.42. The molecule has 0 atom stereocenters. The highest BCUT2D eigenvalue weighted by atomic mass is 15.1. The highest BCUT2D eigenvalue weighted by Gasteiger charge is 2.14. The molecule has 0 saturated carbocycles. The lowest BCUT2D eigenvalue weighted by molar-refractivity contribution is 1.13. The van der Waals surface area contributed by atoms with Crippen LogP contribution in [0.4, 0.5) is 0 Å². The summed E-state index contributed by atoms with van der Waals surface area (Å²) in [5.74, 6) is 0. The Balaban J connectivity index is 1.20. The van der Waals surface area contributed by atoms with Crippen LogP contribution in [0.15, 0.2) is 134 Å². The number of fused-ring (bicyclic) bond motifs is 6. The normalized spacial score (nSPS) is 11.7. The molecule has 0 radical (unpaired) electrons. The van der Waals surface area contributed by atoms with E-state index in [0.717, 1.165) is 33.7 Å². The molecule has 0 amide bonds. The Kier molecular flexibility index (Phi) is 4.49. The third-order valence-electron chi connectivity index (χ3n) is 7.45. The van der Waals surface area contributed by atoms with Gasteiger partial charge in [0.2, 0.25) is 0 Å². The molecule has 0 aliphatic carbocycles. The van der Waals surface area contributed by atoms with E-state index in [-0.39, 0.29) is 0 Å². The van der Waals surface area contributed by atoms with E-state index in [1.807, 2.05) is 24.5 Å². The van der Waals surface area contributed by atoms with Gasteiger partial charge >= 0.3 is 0 Å². The van der Waals surface area contributed by atoms with Crippen LogP contribution in [0.1, 0.15) is 0 Å². The van der Waals surface area contributed by atoms with Crippen LogP contribution in [0, 0.1) is 0 Å². The lowest BCUT2D eigenvalue weighted by Gasteiger charge is -2.10. The average molecular weight is 487 g/mol. The summed E-state index contributed by atoms with van der Waals surface area (Å²) in [6.45, 7) is 0. The molecule has 0 aliphatic rings. The van der Waals surface area contributed by atoms with E-state index in [1.165, 1.54) is 32.7 Å². The van der Waals surface area contributed by atoms with Crippen LogP contribution in [0.2, 0.25) is 0 Å². The first-order valence-corrected chi connectivity index (χ1v) is 12.8. The van der Waals surface area contributed by atoms with Gasteiger partial charge in [0.05, 0.1) is 11.0 Å². The number of aromatic nitrogens is 4. The van der Waals surface area contributed by atoms with Crippen LogP contribution in [-0.2, 0) is 0 Å². The maximum Gasteiger partial charge on any atom is 0.145 e. The summed E-state index contributed by atoms with van der Waals surface area (Å²) < 4.78 is 4.49. The van der Waals surface area contributed by atoms with E-state index in [2.05, 4.69) is 118 Å². The lowest BCUT2D eigenvalue weighted by atomic mass is 10.0. The zero-order valence-corrected chi connectivity index (χ0v) is 20.5. The van der Waals surface area contributed by atoms with Gasteiger partial charge in [-0.3, -0.25) is 9.13 Å². The molecule has 178 valence electrons. The molecule has 0 bridgehead atoms. The third kappa shape index (κ3) is 3.04. The van der Waals surface area contributed by atoms with E-state index in [9.17, 15) is 0 Å². The van der Waals surface area contributed by atoms with Crippen molar-refractivity contribution < 1.29 is 0 Å². The van der Waals surface area contributed by atoms with Crippen molar-refractivity contribution in [1.29, 1.82) is 0 Å². The third-order valence-corrected chi connectivity index (χ3v) is 7.45. The minimum atomic E-state index is 0.977. The van der Waals surface area contributed by atoms with E-state index in [4.69, 9.17) is 9.97 Å². The zero-order chi connectivity index (χ0) is 25.1. The Hall–Kier alpha value is -5.22. The predicted octanol–water partition coefficient (Wildman–Crippen LogP) is 8.34. The molecule has 4 aromatic heterocycles. The molecule has 0 unspecified atom stereocenters. The van der Waals surface area contributed by atoms with Crippen LogP contribution in [0.25, 0.3) is 66.4 Å². The number of hydrogen-bond donors (Lipinski definition) is 0. The topological polar surface area (TPSA) is 35.6 Å².